The second-order valence-corrected chi connectivity index (χ2v) is 6.59. The molecular formula is C10H17O6P. The fourth-order valence-corrected chi connectivity index (χ4v) is 3.36. The number of aliphatic hydroxyl groups excluding tert-OH is 1. The van der Waals surface area contributed by atoms with Gasteiger partial charge in [-0.1, -0.05) is 13.8 Å². The summed E-state index contributed by atoms with van der Waals surface area (Å²) in [4.78, 5) is 11.4. The Balaban J connectivity index is 3.02. The monoisotopic (exact) mass is 264 g/mol. The first kappa shape index (κ1) is 14.2. The standard InChI is InChI=1S/C10H17O6P/c1-7(11)8(9(12)14-4)17(13)15-5-10(2,3)6-16-17/h11H,5-6H2,1-4H3/b8-7+. The molecule has 1 aliphatic rings. The number of ether oxygens (including phenoxy) is 1. The van der Waals surface area contributed by atoms with E-state index in [2.05, 4.69) is 4.74 Å². The van der Waals surface area contributed by atoms with E-state index >= 15 is 0 Å². The maximum absolute atomic E-state index is 12.3. The van der Waals surface area contributed by atoms with E-state index in [1.807, 2.05) is 13.8 Å². The summed E-state index contributed by atoms with van der Waals surface area (Å²) in [5, 5.41) is 8.97. The molecule has 0 aliphatic carbocycles. The largest absolute Gasteiger partial charge is 0.511 e. The third-order valence-corrected chi connectivity index (χ3v) is 4.24. The number of rotatable bonds is 2. The van der Waals surface area contributed by atoms with E-state index in [0.29, 0.717) is 0 Å². The van der Waals surface area contributed by atoms with Gasteiger partial charge in [0, 0.05) is 5.41 Å². The normalized spacial score (nSPS) is 23.8. The molecule has 7 heteroatoms. The van der Waals surface area contributed by atoms with Gasteiger partial charge in [0.1, 0.15) is 5.76 Å². The molecule has 0 bridgehead atoms. The molecule has 1 aliphatic heterocycles. The van der Waals surface area contributed by atoms with Gasteiger partial charge in [-0.25, -0.2) is 4.79 Å². The Bertz CT molecular complexity index is 380. The molecule has 0 unspecified atom stereocenters. The van der Waals surface area contributed by atoms with Crippen molar-refractivity contribution in [2.75, 3.05) is 20.3 Å². The van der Waals surface area contributed by atoms with Crippen molar-refractivity contribution in [3.8, 4) is 0 Å². The van der Waals surface area contributed by atoms with Crippen molar-refractivity contribution in [2.45, 2.75) is 20.8 Å². The molecule has 17 heavy (non-hydrogen) atoms. The van der Waals surface area contributed by atoms with Crippen LogP contribution in [0.5, 0.6) is 0 Å². The number of esters is 1. The summed E-state index contributed by atoms with van der Waals surface area (Å²) >= 11 is 0. The van der Waals surface area contributed by atoms with Gasteiger partial charge >= 0.3 is 13.6 Å². The van der Waals surface area contributed by atoms with Crippen LogP contribution in [0.3, 0.4) is 0 Å². The molecule has 1 N–H and O–H groups in total. The first-order valence-electron chi connectivity index (χ1n) is 5.10. The zero-order chi connectivity index (χ0) is 13.3. The number of hydrogen-bond donors (Lipinski definition) is 1. The molecule has 0 radical (unpaired) electrons. The van der Waals surface area contributed by atoms with Crippen LogP contribution in [0.1, 0.15) is 20.8 Å². The lowest BCUT2D eigenvalue weighted by molar-refractivity contribution is -0.135. The Hall–Kier alpha value is -0.840. The first-order valence-corrected chi connectivity index (χ1v) is 6.64. The quantitative estimate of drug-likeness (QED) is 0.356. The van der Waals surface area contributed by atoms with Gasteiger partial charge in [0.2, 0.25) is 0 Å². The van der Waals surface area contributed by atoms with Crippen molar-refractivity contribution in [3.05, 3.63) is 11.1 Å². The molecule has 1 fully saturated rings. The maximum atomic E-state index is 12.3. The first-order chi connectivity index (χ1) is 7.72. The van der Waals surface area contributed by atoms with Crippen LogP contribution in [0, 0.1) is 5.41 Å². The van der Waals surface area contributed by atoms with E-state index in [0.717, 1.165) is 7.11 Å². The minimum absolute atomic E-state index is 0.179. The summed E-state index contributed by atoms with van der Waals surface area (Å²) in [6, 6.07) is 0. The van der Waals surface area contributed by atoms with Crippen LogP contribution in [0.15, 0.2) is 11.1 Å². The number of methoxy groups -OCH3 is 1. The van der Waals surface area contributed by atoms with Crippen LogP contribution < -0.4 is 0 Å². The van der Waals surface area contributed by atoms with E-state index in [4.69, 9.17) is 9.05 Å². The van der Waals surface area contributed by atoms with E-state index < -0.39 is 24.6 Å². The average molecular weight is 264 g/mol. The highest BCUT2D eigenvalue weighted by Gasteiger charge is 2.44. The van der Waals surface area contributed by atoms with Gasteiger partial charge in [-0.05, 0) is 6.92 Å². The van der Waals surface area contributed by atoms with Gasteiger partial charge in [0.15, 0.2) is 5.31 Å². The van der Waals surface area contributed by atoms with E-state index in [1.165, 1.54) is 6.92 Å². The zero-order valence-corrected chi connectivity index (χ0v) is 11.2. The number of carbonyl (C=O) groups excluding carboxylic acids is 1. The van der Waals surface area contributed by atoms with Crippen LogP contribution in [0.2, 0.25) is 0 Å². The Morgan fingerprint density at radius 1 is 1.35 bits per heavy atom. The Morgan fingerprint density at radius 3 is 2.18 bits per heavy atom. The predicted octanol–water partition coefficient (Wildman–Crippen LogP) is 2.21. The molecule has 0 aromatic heterocycles. The lowest BCUT2D eigenvalue weighted by atomic mass is 9.97. The second kappa shape index (κ2) is 4.80. The predicted molar refractivity (Wildman–Crippen MR) is 60.6 cm³/mol. The van der Waals surface area contributed by atoms with Crippen LogP contribution in [-0.2, 0) is 23.1 Å². The Labute approximate surface area is 100 Å². The smallest absolute Gasteiger partial charge is 0.372 e. The number of aliphatic hydroxyl groups is 1. The highest BCUT2D eigenvalue weighted by atomic mass is 31.2. The van der Waals surface area contributed by atoms with Gasteiger partial charge in [0.05, 0.1) is 20.3 Å². The molecule has 0 aromatic rings. The molecule has 1 saturated heterocycles. The van der Waals surface area contributed by atoms with E-state index in [1.54, 1.807) is 0 Å². The lowest BCUT2D eigenvalue weighted by Gasteiger charge is -2.34. The topological polar surface area (TPSA) is 82.1 Å². The van der Waals surface area contributed by atoms with Crippen LogP contribution in [0.25, 0.3) is 0 Å². The minimum Gasteiger partial charge on any atom is -0.511 e. The van der Waals surface area contributed by atoms with Crippen molar-refractivity contribution in [1.29, 1.82) is 0 Å². The van der Waals surface area contributed by atoms with Crippen LogP contribution >= 0.6 is 7.60 Å². The average Bonchev–Trinajstić information content (AvgIpc) is 2.22. The maximum Gasteiger partial charge on any atom is 0.372 e. The van der Waals surface area contributed by atoms with Gasteiger partial charge in [0.25, 0.3) is 0 Å². The molecule has 0 saturated carbocycles. The molecule has 1 rings (SSSR count). The summed E-state index contributed by atoms with van der Waals surface area (Å²) < 4.78 is 27.0. The van der Waals surface area contributed by atoms with Crippen molar-refractivity contribution in [2.24, 2.45) is 5.41 Å². The van der Waals surface area contributed by atoms with Crippen molar-refractivity contribution in [1.82, 2.24) is 0 Å². The fraction of sp³-hybridized carbons (Fsp3) is 0.700. The highest BCUT2D eigenvalue weighted by molar-refractivity contribution is 7.60. The number of allylic oxidation sites excluding steroid dienone is 1. The van der Waals surface area contributed by atoms with Crippen molar-refractivity contribution < 1.29 is 28.3 Å². The number of carbonyl (C=O) groups is 1. The molecule has 0 amide bonds. The lowest BCUT2D eigenvalue weighted by Crippen LogP contribution is -2.30. The molecule has 0 aromatic carbocycles. The fourth-order valence-electron chi connectivity index (χ4n) is 1.28. The molecule has 0 spiro atoms. The van der Waals surface area contributed by atoms with Gasteiger partial charge in [-0.3, -0.25) is 4.57 Å². The summed E-state index contributed by atoms with van der Waals surface area (Å²) in [6.07, 6.45) is 0. The Morgan fingerprint density at radius 2 is 1.82 bits per heavy atom. The molecule has 98 valence electrons. The van der Waals surface area contributed by atoms with Gasteiger partial charge in [-0.15, -0.1) is 0 Å². The third-order valence-electron chi connectivity index (χ3n) is 2.25. The minimum atomic E-state index is -3.78. The summed E-state index contributed by atoms with van der Waals surface area (Å²) in [7, 11) is -2.65. The summed E-state index contributed by atoms with van der Waals surface area (Å²) in [5.74, 6) is -1.33. The SMILES string of the molecule is COC(=O)/C(=C(/C)O)P1(=O)OCC(C)(C)CO1. The summed E-state index contributed by atoms with van der Waals surface area (Å²) in [6.45, 7) is 5.35. The summed E-state index contributed by atoms with van der Waals surface area (Å²) in [5.41, 5.74) is -0.279. The molecule has 0 atom stereocenters. The van der Waals surface area contributed by atoms with Gasteiger partial charge < -0.3 is 18.9 Å². The zero-order valence-electron chi connectivity index (χ0n) is 10.3. The highest BCUT2D eigenvalue weighted by Crippen LogP contribution is 2.60. The van der Waals surface area contributed by atoms with Crippen molar-refractivity contribution in [3.63, 3.8) is 0 Å². The number of hydrogen-bond acceptors (Lipinski definition) is 6. The van der Waals surface area contributed by atoms with Crippen LogP contribution in [-0.4, -0.2) is 31.4 Å². The second-order valence-electron chi connectivity index (χ2n) is 4.63. The molecular weight excluding hydrogens is 247 g/mol. The van der Waals surface area contributed by atoms with Crippen molar-refractivity contribution >= 4 is 13.6 Å². The van der Waals surface area contributed by atoms with E-state index in [9.17, 15) is 14.5 Å². The molecule has 6 nitrogen and oxygen atoms in total. The van der Waals surface area contributed by atoms with Gasteiger partial charge in [-0.2, -0.15) is 0 Å². The van der Waals surface area contributed by atoms with Crippen LogP contribution in [0.4, 0.5) is 0 Å². The van der Waals surface area contributed by atoms with E-state index in [-0.39, 0.29) is 18.6 Å². The Kier molecular flexibility index (Phi) is 4.02. The molecule has 1 heterocycles. The third kappa shape index (κ3) is 3.09.